The number of anilines is 1. The van der Waals surface area contributed by atoms with E-state index in [0.717, 1.165) is 5.56 Å². The van der Waals surface area contributed by atoms with Gasteiger partial charge in [-0.1, -0.05) is 48.5 Å². The van der Waals surface area contributed by atoms with Crippen molar-refractivity contribution in [3.05, 3.63) is 66.2 Å². The fourth-order valence-electron chi connectivity index (χ4n) is 2.60. The smallest absolute Gasteiger partial charge is 0.303 e. The summed E-state index contributed by atoms with van der Waals surface area (Å²) in [4.78, 5) is 11.0. The Morgan fingerprint density at radius 2 is 1.58 bits per heavy atom. The number of carboxylic acid groups (broad SMARTS) is 1. The molecule has 0 spiro atoms. The monoisotopic (exact) mass is 347 g/mol. The van der Waals surface area contributed by atoms with E-state index in [4.69, 9.17) is 5.11 Å². The standard InChI is InChI=1S/C18H21NO4S/c1-2-24(22,23)19(16-11-7-4-8-12-16)17(13-14-18(20)21)15-9-5-3-6-10-15/h3-12,17H,2,13-14H2,1H3,(H,20,21). The van der Waals surface area contributed by atoms with Crippen LogP contribution in [0.3, 0.4) is 0 Å². The molecule has 2 rings (SSSR count). The quantitative estimate of drug-likeness (QED) is 0.794. The van der Waals surface area contributed by atoms with Gasteiger partial charge in [-0.05, 0) is 31.0 Å². The molecule has 0 aliphatic heterocycles. The molecule has 0 bridgehead atoms. The van der Waals surface area contributed by atoms with E-state index in [-0.39, 0.29) is 18.6 Å². The van der Waals surface area contributed by atoms with Crippen LogP contribution in [0.4, 0.5) is 5.69 Å². The highest BCUT2D eigenvalue weighted by Crippen LogP contribution is 2.33. The van der Waals surface area contributed by atoms with Gasteiger partial charge in [-0.15, -0.1) is 0 Å². The van der Waals surface area contributed by atoms with E-state index in [1.807, 2.05) is 36.4 Å². The van der Waals surface area contributed by atoms with Crippen molar-refractivity contribution in [1.29, 1.82) is 0 Å². The van der Waals surface area contributed by atoms with Crippen molar-refractivity contribution in [3.63, 3.8) is 0 Å². The Morgan fingerprint density at radius 3 is 2.08 bits per heavy atom. The van der Waals surface area contributed by atoms with Crippen LogP contribution in [-0.4, -0.2) is 25.2 Å². The van der Waals surface area contributed by atoms with E-state index >= 15 is 0 Å². The third kappa shape index (κ3) is 4.35. The number of nitrogens with zero attached hydrogens (tertiary/aromatic N) is 1. The van der Waals surface area contributed by atoms with Crippen LogP contribution in [-0.2, 0) is 14.8 Å². The number of sulfonamides is 1. The molecule has 1 N–H and O–H groups in total. The molecule has 0 fully saturated rings. The third-order valence-corrected chi connectivity index (χ3v) is 5.57. The van der Waals surface area contributed by atoms with Gasteiger partial charge in [0.05, 0.1) is 17.5 Å². The number of aliphatic carboxylic acids is 1. The van der Waals surface area contributed by atoms with Gasteiger partial charge in [-0.3, -0.25) is 9.10 Å². The molecule has 0 amide bonds. The number of carbonyl (C=O) groups is 1. The average Bonchev–Trinajstić information content (AvgIpc) is 2.59. The van der Waals surface area contributed by atoms with Crippen molar-refractivity contribution < 1.29 is 18.3 Å². The van der Waals surface area contributed by atoms with Crippen LogP contribution in [0.25, 0.3) is 0 Å². The Hall–Kier alpha value is -2.34. The molecule has 0 aromatic heterocycles. The van der Waals surface area contributed by atoms with Gasteiger partial charge in [0.15, 0.2) is 0 Å². The summed E-state index contributed by atoms with van der Waals surface area (Å²) in [6.07, 6.45) is 0.0929. The second-order valence-corrected chi connectivity index (χ2v) is 7.53. The van der Waals surface area contributed by atoms with Gasteiger partial charge in [0.25, 0.3) is 0 Å². The van der Waals surface area contributed by atoms with Crippen LogP contribution in [0.5, 0.6) is 0 Å². The summed E-state index contributed by atoms with van der Waals surface area (Å²) in [5.41, 5.74) is 1.32. The van der Waals surface area contributed by atoms with Gasteiger partial charge in [-0.25, -0.2) is 8.42 Å². The minimum absolute atomic E-state index is 0.0572. The van der Waals surface area contributed by atoms with Crippen molar-refractivity contribution in [2.45, 2.75) is 25.8 Å². The lowest BCUT2D eigenvalue weighted by Crippen LogP contribution is -2.36. The van der Waals surface area contributed by atoms with E-state index < -0.39 is 22.0 Å². The van der Waals surface area contributed by atoms with Crippen molar-refractivity contribution in [1.82, 2.24) is 0 Å². The van der Waals surface area contributed by atoms with Crippen LogP contribution in [0.15, 0.2) is 60.7 Å². The maximum Gasteiger partial charge on any atom is 0.303 e. The molecule has 1 atom stereocenters. The van der Waals surface area contributed by atoms with Crippen LogP contribution < -0.4 is 4.31 Å². The molecule has 6 heteroatoms. The number of hydrogen-bond donors (Lipinski definition) is 1. The summed E-state index contributed by atoms with van der Waals surface area (Å²) >= 11 is 0. The zero-order valence-corrected chi connectivity index (χ0v) is 14.3. The molecule has 0 radical (unpaired) electrons. The molecule has 1 unspecified atom stereocenters. The SMILES string of the molecule is CCS(=O)(=O)N(c1ccccc1)C(CCC(=O)O)c1ccccc1. The largest absolute Gasteiger partial charge is 0.481 e. The van der Waals surface area contributed by atoms with Crippen LogP contribution in [0, 0.1) is 0 Å². The Balaban J connectivity index is 2.54. The fraction of sp³-hybridized carbons (Fsp3) is 0.278. The van der Waals surface area contributed by atoms with Crippen molar-refractivity contribution in [2.75, 3.05) is 10.1 Å². The maximum atomic E-state index is 12.7. The lowest BCUT2D eigenvalue weighted by atomic mass is 10.0. The zero-order valence-electron chi connectivity index (χ0n) is 13.5. The van der Waals surface area contributed by atoms with Gasteiger partial charge < -0.3 is 5.11 Å². The van der Waals surface area contributed by atoms with Crippen molar-refractivity contribution in [3.8, 4) is 0 Å². The average molecular weight is 347 g/mol. The molecule has 2 aromatic rings. The molecule has 0 saturated heterocycles. The lowest BCUT2D eigenvalue weighted by Gasteiger charge is -2.33. The lowest BCUT2D eigenvalue weighted by molar-refractivity contribution is -0.137. The summed E-state index contributed by atoms with van der Waals surface area (Å²) in [5.74, 6) is -1.00. The van der Waals surface area contributed by atoms with Crippen molar-refractivity contribution in [2.24, 2.45) is 0 Å². The van der Waals surface area contributed by atoms with Gasteiger partial charge in [-0.2, -0.15) is 0 Å². The fourth-order valence-corrected chi connectivity index (χ4v) is 3.94. The predicted molar refractivity (Wildman–Crippen MR) is 94.4 cm³/mol. The Bertz CT molecular complexity index is 760. The first-order chi connectivity index (χ1) is 11.5. The molecule has 0 saturated carbocycles. The van der Waals surface area contributed by atoms with Crippen LogP contribution >= 0.6 is 0 Å². The van der Waals surface area contributed by atoms with E-state index in [0.29, 0.717) is 5.69 Å². The third-order valence-electron chi connectivity index (χ3n) is 3.77. The second-order valence-electron chi connectivity index (χ2n) is 5.39. The minimum Gasteiger partial charge on any atom is -0.481 e. The molecule has 2 aromatic carbocycles. The Morgan fingerprint density at radius 1 is 1.04 bits per heavy atom. The van der Waals surface area contributed by atoms with Crippen LogP contribution in [0.2, 0.25) is 0 Å². The molecular formula is C18H21NO4S. The summed E-state index contributed by atoms with van der Waals surface area (Å²) in [5, 5.41) is 9.05. The van der Waals surface area contributed by atoms with Crippen LogP contribution in [0.1, 0.15) is 31.4 Å². The van der Waals surface area contributed by atoms with E-state index in [1.54, 1.807) is 31.2 Å². The van der Waals surface area contributed by atoms with Gasteiger partial charge >= 0.3 is 5.97 Å². The first-order valence-electron chi connectivity index (χ1n) is 7.79. The molecular weight excluding hydrogens is 326 g/mol. The van der Waals surface area contributed by atoms with E-state index in [2.05, 4.69) is 0 Å². The highest BCUT2D eigenvalue weighted by molar-refractivity contribution is 7.92. The predicted octanol–water partition coefficient (Wildman–Crippen LogP) is 3.45. The molecule has 0 aliphatic rings. The molecule has 24 heavy (non-hydrogen) atoms. The summed E-state index contributed by atoms with van der Waals surface area (Å²) in [6.45, 7) is 1.59. The Kier molecular flexibility index (Phi) is 5.98. The maximum absolute atomic E-state index is 12.7. The normalized spacial score (nSPS) is 12.5. The number of hydrogen-bond acceptors (Lipinski definition) is 3. The molecule has 5 nitrogen and oxygen atoms in total. The second kappa shape index (κ2) is 7.97. The molecule has 0 aliphatic carbocycles. The number of para-hydroxylation sites is 1. The highest BCUT2D eigenvalue weighted by atomic mass is 32.2. The number of carboxylic acids is 1. The van der Waals surface area contributed by atoms with Crippen molar-refractivity contribution >= 4 is 21.7 Å². The summed E-state index contributed by atoms with van der Waals surface area (Å²) < 4.78 is 26.8. The number of rotatable bonds is 8. The molecule has 0 heterocycles. The summed E-state index contributed by atoms with van der Waals surface area (Å²) in [6, 6.07) is 17.4. The first kappa shape index (κ1) is 18.0. The van der Waals surface area contributed by atoms with E-state index in [1.165, 1.54) is 4.31 Å². The summed E-state index contributed by atoms with van der Waals surface area (Å²) in [7, 11) is -3.57. The van der Waals surface area contributed by atoms with Gasteiger partial charge in [0, 0.05) is 6.42 Å². The van der Waals surface area contributed by atoms with Gasteiger partial charge in [0.2, 0.25) is 10.0 Å². The zero-order chi connectivity index (χ0) is 17.6. The van der Waals surface area contributed by atoms with E-state index in [9.17, 15) is 13.2 Å². The topological polar surface area (TPSA) is 74.7 Å². The first-order valence-corrected chi connectivity index (χ1v) is 9.40. The number of benzene rings is 2. The minimum atomic E-state index is -3.57. The van der Waals surface area contributed by atoms with Gasteiger partial charge in [0.1, 0.15) is 0 Å². The molecule has 128 valence electrons. The highest BCUT2D eigenvalue weighted by Gasteiger charge is 2.30. The Labute approximate surface area is 142 Å².